The zero-order valence-electron chi connectivity index (χ0n) is 20.4. The fraction of sp³-hybridized carbons (Fsp3) is 0.870. The maximum absolute atomic E-state index is 11.7. The monoisotopic (exact) mass is 476 g/mol. The fourth-order valence-electron chi connectivity index (χ4n) is 2.85. The maximum atomic E-state index is 11.7. The molecule has 0 heterocycles. The average molecular weight is 477 g/mol. The Labute approximate surface area is 198 Å². The van der Waals surface area contributed by atoms with Gasteiger partial charge in [0, 0.05) is 25.6 Å². The van der Waals surface area contributed by atoms with Crippen LogP contribution in [0.3, 0.4) is 0 Å². The molecule has 0 bridgehead atoms. The molecule has 33 heavy (non-hydrogen) atoms. The van der Waals surface area contributed by atoms with Gasteiger partial charge in [-0.25, -0.2) is 0 Å². The third-order valence-electron chi connectivity index (χ3n) is 4.83. The van der Waals surface area contributed by atoms with Crippen molar-refractivity contribution in [2.24, 2.45) is 5.92 Å². The van der Waals surface area contributed by atoms with E-state index in [4.69, 9.17) is 24.1 Å². The van der Waals surface area contributed by atoms with Gasteiger partial charge in [-0.1, -0.05) is 26.7 Å². The summed E-state index contributed by atoms with van der Waals surface area (Å²) in [4.78, 5) is 34.8. The molecule has 0 aliphatic carbocycles. The van der Waals surface area contributed by atoms with Gasteiger partial charge in [0.15, 0.2) is 5.78 Å². The Morgan fingerprint density at radius 1 is 0.727 bits per heavy atom. The molecule has 0 aliphatic rings. The molecule has 1 atom stereocenters. The number of Topliss-reactive ketones (excluding diaryl/α,β-unsaturated/α-hetero) is 1. The van der Waals surface area contributed by atoms with Gasteiger partial charge in [0.25, 0.3) is 0 Å². The van der Waals surface area contributed by atoms with Gasteiger partial charge in [0.1, 0.15) is 19.8 Å². The number of ketones is 1. The number of aliphatic hydroxyl groups excluding tert-OH is 1. The molecule has 2 amide bonds. The van der Waals surface area contributed by atoms with Crippen molar-refractivity contribution in [2.45, 2.75) is 52.4 Å². The number of unbranched alkanes of at least 4 members (excludes halogenated alkanes) is 2. The summed E-state index contributed by atoms with van der Waals surface area (Å²) in [5, 5.41) is 14.4. The van der Waals surface area contributed by atoms with Crippen LogP contribution in [-0.2, 0) is 33.3 Å². The van der Waals surface area contributed by atoms with Gasteiger partial charge >= 0.3 is 0 Å². The van der Waals surface area contributed by atoms with Crippen LogP contribution in [0.1, 0.15) is 52.4 Å². The van der Waals surface area contributed by atoms with Crippen molar-refractivity contribution >= 4 is 17.6 Å². The third kappa shape index (κ3) is 20.7. The van der Waals surface area contributed by atoms with E-state index < -0.39 is 6.61 Å². The number of rotatable bonds is 24. The quantitative estimate of drug-likeness (QED) is 0.175. The summed E-state index contributed by atoms with van der Waals surface area (Å²) < 4.78 is 21.2. The van der Waals surface area contributed by atoms with Gasteiger partial charge in [-0.3, -0.25) is 14.4 Å². The molecule has 0 saturated carbocycles. The molecule has 0 fully saturated rings. The highest BCUT2D eigenvalue weighted by Crippen LogP contribution is 2.13. The lowest BCUT2D eigenvalue weighted by Gasteiger charge is -2.12. The zero-order chi connectivity index (χ0) is 24.6. The Balaban J connectivity index is 3.41. The fourth-order valence-corrected chi connectivity index (χ4v) is 2.85. The van der Waals surface area contributed by atoms with E-state index in [9.17, 15) is 14.4 Å². The number of ether oxygens (including phenoxy) is 4. The Bertz CT molecular complexity index is 505. The van der Waals surface area contributed by atoms with Gasteiger partial charge in [0.05, 0.1) is 33.0 Å². The van der Waals surface area contributed by atoms with Crippen molar-refractivity contribution in [1.82, 2.24) is 10.6 Å². The standard InChI is InChI=1S/C23H44N2O8/c1-3-5-11-30-13-15-32-19-23(29)25-10-12-31-14-16-33-18-22(28)24-9-7-6-8-20(4-2)21(27)17-26/h20,26H,3-19H2,1-2H3,(H,24,28)(H,25,29)/t20-/m0/s1. The third-order valence-corrected chi connectivity index (χ3v) is 4.83. The minimum absolute atomic E-state index is 0.00463. The molecule has 10 heteroatoms. The molecule has 0 aromatic rings. The predicted octanol–water partition coefficient (Wildman–Crippen LogP) is 0.843. The van der Waals surface area contributed by atoms with Gasteiger partial charge in [-0.05, 0) is 25.7 Å². The van der Waals surface area contributed by atoms with E-state index in [2.05, 4.69) is 17.6 Å². The lowest BCUT2D eigenvalue weighted by Crippen LogP contribution is -2.31. The topological polar surface area (TPSA) is 132 Å². The van der Waals surface area contributed by atoms with Crippen LogP contribution in [0.2, 0.25) is 0 Å². The second-order valence-corrected chi connectivity index (χ2v) is 7.61. The van der Waals surface area contributed by atoms with Crippen molar-refractivity contribution in [1.29, 1.82) is 0 Å². The molecule has 0 rings (SSSR count). The summed E-state index contributed by atoms with van der Waals surface area (Å²) in [6.45, 7) is 7.02. The van der Waals surface area contributed by atoms with Crippen molar-refractivity contribution < 1.29 is 38.4 Å². The molecular weight excluding hydrogens is 432 g/mol. The Morgan fingerprint density at radius 2 is 1.30 bits per heavy atom. The summed E-state index contributed by atoms with van der Waals surface area (Å²) >= 11 is 0. The summed E-state index contributed by atoms with van der Waals surface area (Å²) in [5.74, 6) is -0.620. The average Bonchev–Trinajstić information content (AvgIpc) is 2.82. The van der Waals surface area contributed by atoms with E-state index in [1.807, 2.05) is 6.92 Å². The van der Waals surface area contributed by atoms with Crippen LogP contribution in [-0.4, -0.2) is 95.3 Å². The highest BCUT2D eigenvalue weighted by atomic mass is 16.5. The van der Waals surface area contributed by atoms with Gasteiger partial charge in [0.2, 0.25) is 11.8 Å². The van der Waals surface area contributed by atoms with E-state index in [0.717, 1.165) is 38.5 Å². The molecule has 3 N–H and O–H groups in total. The molecule has 0 aliphatic heterocycles. The minimum Gasteiger partial charge on any atom is -0.389 e. The van der Waals surface area contributed by atoms with Gasteiger partial charge < -0.3 is 34.7 Å². The number of carbonyl (C=O) groups is 3. The molecule has 194 valence electrons. The van der Waals surface area contributed by atoms with Crippen LogP contribution < -0.4 is 10.6 Å². The summed E-state index contributed by atoms with van der Waals surface area (Å²) in [6.07, 6.45) is 5.14. The normalized spacial score (nSPS) is 11.8. The maximum Gasteiger partial charge on any atom is 0.246 e. The lowest BCUT2D eigenvalue weighted by atomic mass is 9.95. The highest BCUT2D eigenvalue weighted by Gasteiger charge is 2.14. The lowest BCUT2D eigenvalue weighted by molar-refractivity contribution is -0.127. The summed E-state index contributed by atoms with van der Waals surface area (Å²) in [5.41, 5.74) is 0. The molecule has 0 aromatic heterocycles. The van der Waals surface area contributed by atoms with Crippen molar-refractivity contribution in [2.75, 3.05) is 72.6 Å². The van der Waals surface area contributed by atoms with Crippen LogP contribution in [0.15, 0.2) is 0 Å². The SMILES string of the molecule is CCCCOCCOCC(=O)NCCOCCOCC(=O)NCCCC[C@H](CC)C(=O)CO. The number of amides is 2. The summed E-state index contributed by atoms with van der Waals surface area (Å²) in [7, 11) is 0. The molecule has 0 unspecified atom stereocenters. The number of aliphatic hydroxyl groups is 1. The second kappa shape index (κ2) is 23.6. The summed E-state index contributed by atoms with van der Waals surface area (Å²) in [6, 6.07) is 0. The first-order valence-electron chi connectivity index (χ1n) is 12.0. The van der Waals surface area contributed by atoms with Crippen molar-refractivity contribution in [3.63, 3.8) is 0 Å². The second-order valence-electron chi connectivity index (χ2n) is 7.61. The molecule has 0 saturated heterocycles. The van der Waals surface area contributed by atoms with Crippen LogP contribution >= 0.6 is 0 Å². The first-order chi connectivity index (χ1) is 16.0. The Morgan fingerprint density at radius 3 is 1.88 bits per heavy atom. The predicted molar refractivity (Wildman–Crippen MR) is 124 cm³/mol. The Hall–Kier alpha value is -1.59. The number of carbonyl (C=O) groups excluding carboxylic acids is 3. The van der Waals surface area contributed by atoms with E-state index in [0.29, 0.717) is 46.1 Å². The van der Waals surface area contributed by atoms with Gasteiger partial charge in [-0.2, -0.15) is 0 Å². The number of nitrogens with one attached hydrogen (secondary N) is 2. The van der Waals surface area contributed by atoms with Crippen molar-refractivity contribution in [3.05, 3.63) is 0 Å². The van der Waals surface area contributed by atoms with Crippen LogP contribution in [0.25, 0.3) is 0 Å². The smallest absolute Gasteiger partial charge is 0.246 e. The molecule has 0 spiro atoms. The van der Waals surface area contributed by atoms with Crippen LogP contribution in [0.5, 0.6) is 0 Å². The van der Waals surface area contributed by atoms with E-state index in [1.54, 1.807) is 0 Å². The molecule has 0 radical (unpaired) electrons. The Kier molecular flexibility index (Phi) is 22.4. The zero-order valence-corrected chi connectivity index (χ0v) is 20.4. The number of hydrogen-bond acceptors (Lipinski definition) is 8. The van der Waals surface area contributed by atoms with Crippen LogP contribution in [0, 0.1) is 5.92 Å². The van der Waals surface area contributed by atoms with E-state index >= 15 is 0 Å². The molecule has 0 aromatic carbocycles. The van der Waals surface area contributed by atoms with Crippen molar-refractivity contribution in [3.8, 4) is 0 Å². The largest absolute Gasteiger partial charge is 0.389 e. The first-order valence-corrected chi connectivity index (χ1v) is 12.0. The number of hydrogen-bond donors (Lipinski definition) is 3. The molecular formula is C23H44N2O8. The highest BCUT2D eigenvalue weighted by molar-refractivity contribution is 5.81. The first kappa shape index (κ1) is 31.4. The van der Waals surface area contributed by atoms with Gasteiger partial charge in [-0.15, -0.1) is 0 Å². The minimum atomic E-state index is -0.407. The van der Waals surface area contributed by atoms with E-state index in [1.165, 1.54) is 0 Å². The van der Waals surface area contributed by atoms with Crippen LogP contribution in [0.4, 0.5) is 0 Å². The molecule has 10 nitrogen and oxygen atoms in total. The van der Waals surface area contributed by atoms with E-state index in [-0.39, 0.29) is 43.3 Å².